The van der Waals surface area contributed by atoms with Crippen molar-refractivity contribution in [2.75, 3.05) is 29.9 Å². The third kappa shape index (κ3) is 5.71. The Kier molecular flexibility index (Phi) is 7.14. The zero-order valence-electron chi connectivity index (χ0n) is 13.9. The van der Waals surface area contributed by atoms with Crippen LogP contribution in [0.3, 0.4) is 0 Å². The Balaban J connectivity index is 1.92. The molecule has 1 aromatic carbocycles. The number of nitrogens with zero attached hydrogens (tertiary/aromatic N) is 3. The molecular weight excluding hydrogens is 308 g/mol. The molecule has 0 atom stereocenters. The molecule has 0 unspecified atom stereocenters. The lowest BCUT2D eigenvalue weighted by Crippen LogP contribution is -2.26. The molecule has 0 aliphatic heterocycles. The van der Waals surface area contributed by atoms with Crippen LogP contribution in [0.5, 0.6) is 0 Å². The first-order valence-electron chi connectivity index (χ1n) is 8.29. The van der Waals surface area contributed by atoms with Crippen LogP contribution in [0.25, 0.3) is 0 Å². The van der Waals surface area contributed by atoms with Gasteiger partial charge in [0.1, 0.15) is 5.82 Å². The Morgan fingerprint density at radius 2 is 1.74 bits per heavy atom. The highest BCUT2D eigenvalue weighted by Crippen LogP contribution is 2.14. The van der Waals surface area contributed by atoms with Crippen LogP contribution < -0.4 is 10.2 Å². The molecule has 0 spiro atoms. The minimum Gasteiger partial charge on any atom is -0.356 e. The summed E-state index contributed by atoms with van der Waals surface area (Å²) >= 11 is 5.90. The molecule has 0 saturated heterocycles. The third-order valence-corrected chi connectivity index (χ3v) is 3.81. The zero-order valence-corrected chi connectivity index (χ0v) is 14.7. The molecule has 5 heteroatoms. The number of halogens is 1. The third-order valence-electron chi connectivity index (χ3n) is 3.56. The van der Waals surface area contributed by atoms with Crippen LogP contribution in [0.2, 0.25) is 5.02 Å². The summed E-state index contributed by atoms with van der Waals surface area (Å²) in [6.07, 6.45) is 4.97. The average Bonchev–Trinajstić information content (AvgIpc) is 2.57. The van der Waals surface area contributed by atoms with Gasteiger partial charge in [-0.05, 0) is 43.0 Å². The molecule has 0 aliphatic rings. The van der Waals surface area contributed by atoms with Crippen molar-refractivity contribution in [1.82, 2.24) is 9.97 Å². The van der Waals surface area contributed by atoms with Gasteiger partial charge in [0.2, 0.25) is 5.95 Å². The van der Waals surface area contributed by atoms with E-state index in [2.05, 4.69) is 34.0 Å². The number of anilines is 2. The van der Waals surface area contributed by atoms with Crippen molar-refractivity contribution in [3.05, 3.63) is 47.1 Å². The Bertz CT molecular complexity index is 580. The second kappa shape index (κ2) is 9.36. The van der Waals surface area contributed by atoms with Crippen LogP contribution >= 0.6 is 11.6 Å². The summed E-state index contributed by atoms with van der Waals surface area (Å²) in [5.41, 5.74) is 1.25. The largest absolute Gasteiger partial charge is 0.356 e. The fraction of sp³-hybridized carbons (Fsp3) is 0.444. The standard InChI is InChI=1S/C18H25ClN4/c1-3-13-23(14-4-2)17-10-12-21-18(22-17)20-11-9-15-5-7-16(19)8-6-15/h5-8,10,12H,3-4,9,11,13-14H2,1-2H3,(H,20,21,22). The lowest BCUT2D eigenvalue weighted by Gasteiger charge is -2.22. The minimum absolute atomic E-state index is 0.689. The predicted octanol–water partition coefficient (Wildman–Crippen LogP) is 4.41. The summed E-state index contributed by atoms with van der Waals surface area (Å²) < 4.78 is 0. The van der Waals surface area contributed by atoms with E-state index in [9.17, 15) is 0 Å². The lowest BCUT2D eigenvalue weighted by atomic mass is 10.1. The fourth-order valence-electron chi connectivity index (χ4n) is 2.46. The molecule has 1 N–H and O–H groups in total. The summed E-state index contributed by atoms with van der Waals surface area (Å²) in [5, 5.41) is 4.07. The minimum atomic E-state index is 0.689. The van der Waals surface area contributed by atoms with Gasteiger partial charge in [0.05, 0.1) is 0 Å². The fourth-order valence-corrected chi connectivity index (χ4v) is 2.59. The highest BCUT2D eigenvalue weighted by molar-refractivity contribution is 6.30. The van der Waals surface area contributed by atoms with E-state index < -0.39 is 0 Å². The lowest BCUT2D eigenvalue weighted by molar-refractivity contribution is 0.733. The first kappa shape index (κ1) is 17.5. The van der Waals surface area contributed by atoms with E-state index in [4.69, 9.17) is 11.6 Å². The molecule has 0 radical (unpaired) electrons. The van der Waals surface area contributed by atoms with E-state index in [0.717, 1.165) is 49.7 Å². The number of rotatable bonds is 9. The second-order valence-electron chi connectivity index (χ2n) is 5.53. The topological polar surface area (TPSA) is 41.1 Å². The summed E-state index contributed by atoms with van der Waals surface area (Å²) in [6.45, 7) is 7.22. The van der Waals surface area contributed by atoms with Gasteiger partial charge in [0.25, 0.3) is 0 Å². The number of aromatic nitrogens is 2. The number of hydrogen-bond donors (Lipinski definition) is 1. The van der Waals surface area contributed by atoms with Gasteiger partial charge < -0.3 is 10.2 Å². The van der Waals surface area contributed by atoms with Crippen molar-refractivity contribution in [2.45, 2.75) is 33.1 Å². The van der Waals surface area contributed by atoms with Gasteiger partial charge in [-0.3, -0.25) is 0 Å². The normalized spacial score (nSPS) is 10.6. The quantitative estimate of drug-likeness (QED) is 0.738. The highest BCUT2D eigenvalue weighted by atomic mass is 35.5. The molecule has 0 bridgehead atoms. The van der Waals surface area contributed by atoms with Gasteiger partial charge >= 0.3 is 0 Å². The Labute approximate surface area is 143 Å². The Morgan fingerprint density at radius 3 is 2.39 bits per heavy atom. The van der Waals surface area contributed by atoms with E-state index in [1.54, 1.807) is 0 Å². The Hall–Kier alpha value is -1.81. The molecule has 1 heterocycles. The molecule has 23 heavy (non-hydrogen) atoms. The maximum Gasteiger partial charge on any atom is 0.224 e. The summed E-state index contributed by atoms with van der Waals surface area (Å²) in [7, 11) is 0. The molecule has 0 amide bonds. The Morgan fingerprint density at radius 1 is 1.04 bits per heavy atom. The van der Waals surface area contributed by atoms with E-state index in [-0.39, 0.29) is 0 Å². The van der Waals surface area contributed by atoms with E-state index >= 15 is 0 Å². The van der Waals surface area contributed by atoms with Gasteiger partial charge in [-0.2, -0.15) is 4.98 Å². The second-order valence-corrected chi connectivity index (χ2v) is 5.97. The predicted molar refractivity (Wildman–Crippen MR) is 98.5 cm³/mol. The molecule has 4 nitrogen and oxygen atoms in total. The van der Waals surface area contributed by atoms with Gasteiger partial charge in [-0.15, -0.1) is 0 Å². The van der Waals surface area contributed by atoms with Crippen LogP contribution in [0, 0.1) is 0 Å². The van der Waals surface area contributed by atoms with E-state index in [0.29, 0.717) is 5.95 Å². The van der Waals surface area contributed by atoms with Gasteiger partial charge in [-0.1, -0.05) is 37.6 Å². The number of nitrogens with one attached hydrogen (secondary N) is 1. The molecule has 0 aliphatic carbocycles. The van der Waals surface area contributed by atoms with Crippen molar-refractivity contribution >= 4 is 23.4 Å². The van der Waals surface area contributed by atoms with Gasteiger partial charge in [0, 0.05) is 30.9 Å². The van der Waals surface area contributed by atoms with E-state index in [1.165, 1.54) is 5.56 Å². The smallest absolute Gasteiger partial charge is 0.224 e. The van der Waals surface area contributed by atoms with Gasteiger partial charge in [-0.25, -0.2) is 4.98 Å². The summed E-state index contributed by atoms with van der Waals surface area (Å²) in [4.78, 5) is 11.3. The molecule has 2 rings (SSSR count). The van der Waals surface area contributed by atoms with Gasteiger partial charge in [0.15, 0.2) is 0 Å². The maximum absolute atomic E-state index is 5.90. The molecular formula is C18H25ClN4. The van der Waals surface area contributed by atoms with Crippen molar-refractivity contribution in [2.24, 2.45) is 0 Å². The van der Waals surface area contributed by atoms with Crippen LogP contribution in [-0.4, -0.2) is 29.6 Å². The van der Waals surface area contributed by atoms with Crippen LogP contribution in [0.1, 0.15) is 32.3 Å². The molecule has 0 saturated carbocycles. The molecule has 1 aromatic heterocycles. The molecule has 0 fully saturated rings. The summed E-state index contributed by atoms with van der Waals surface area (Å²) in [5.74, 6) is 1.69. The number of hydrogen-bond acceptors (Lipinski definition) is 4. The molecule has 2 aromatic rings. The monoisotopic (exact) mass is 332 g/mol. The van der Waals surface area contributed by atoms with E-state index in [1.807, 2.05) is 36.5 Å². The van der Waals surface area contributed by atoms with Crippen LogP contribution in [-0.2, 0) is 6.42 Å². The maximum atomic E-state index is 5.90. The SMILES string of the molecule is CCCN(CCC)c1ccnc(NCCc2ccc(Cl)cc2)n1. The highest BCUT2D eigenvalue weighted by Gasteiger charge is 2.07. The van der Waals surface area contributed by atoms with Crippen molar-refractivity contribution in [3.63, 3.8) is 0 Å². The van der Waals surface area contributed by atoms with Crippen LogP contribution in [0.15, 0.2) is 36.5 Å². The molecule has 124 valence electrons. The average molecular weight is 333 g/mol. The van der Waals surface area contributed by atoms with Crippen molar-refractivity contribution < 1.29 is 0 Å². The first-order chi connectivity index (χ1) is 11.2. The van der Waals surface area contributed by atoms with Crippen molar-refractivity contribution in [3.8, 4) is 0 Å². The number of benzene rings is 1. The van der Waals surface area contributed by atoms with Crippen LogP contribution in [0.4, 0.5) is 11.8 Å². The van der Waals surface area contributed by atoms with Crippen molar-refractivity contribution in [1.29, 1.82) is 0 Å². The first-order valence-corrected chi connectivity index (χ1v) is 8.67. The summed E-state index contributed by atoms with van der Waals surface area (Å²) in [6, 6.07) is 9.91. The zero-order chi connectivity index (χ0) is 16.5.